The van der Waals surface area contributed by atoms with Crippen LogP contribution in [-0.2, 0) is 0 Å². The van der Waals surface area contributed by atoms with E-state index < -0.39 is 0 Å². The SMILES string of the molecule is NCC1(NC(=O)c2cc(-c3ccccc3)n[nH]2)CCCC1. The van der Waals surface area contributed by atoms with Crippen LogP contribution in [0.15, 0.2) is 36.4 Å². The Kier molecular flexibility index (Phi) is 3.75. The van der Waals surface area contributed by atoms with Crippen LogP contribution in [0.5, 0.6) is 0 Å². The molecular formula is C16H20N4O. The number of carbonyl (C=O) groups excluding carboxylic acids is 1. The maximum atomic E-state index is 12.4. The summed E-state index contributed by atoms with van der Waals surface area (Å²) >= 11 is 0. The predicted octanol–water partition coefficient (Wildman–Crippen LogP) is 2.08. The van der Waals surface area contributed by atoms with Gasteiger partial charge in [0, 0.05) is 12.1 Å². The molecule has 1 aromatic heterocycles. The molecule has 0 saturated heterocycles. The number of hydrogen-bond donors (Lipinski definition) is 3. The maximum Gasteiger partial charge on any atom is 0.269 e. The second-order valence-electron chi connectivity index (χ2n) is 5.68. The number of nitrogens with two attached hydrogens (primary N) is 1. The lowest BCUT2D eigenvalue weighted by Crippen LogP contribution is -2.51. The lowest BCUT2D eigenvalue weighted by Gasteiger charge is -2.28. The molecule has 1 amide bonds. The molecule has 1 aliphatic carbocycles. The number of H-pyrrole nitrogens is 1. The van der Waals surface area contributed by atoms with E-state index in [0.717, 1.165) is 36.9 Å². The molecule has 0 unspecified atom stereocenters. The van der Waals surface area contributed by atoms with Gasteiger partial charge in [-0.1, -0.05) is 43.2 Å². The average Bonchev–Trinajstić information content (AvgIpc) is 3.18. The second-order valence-corrected chi connectivity index (χ2v) is 5.68. The van der Waals surface area contributed by atoms with Crippen molar-refractivity contribution in [3.63, 3.8) is 0 Å². The van der Waals surface area contributed by atoms with Gasteiger partial charge in [-0.15, -0.1) is 0 Å². The van der Waals surface area contributed by atoms with Crippen molar-refractivity contribution in [2.75, 3.05) is 6.54 Å². The molecule has 0 aliphatic heterocycles. The molecule has 2 aromatic rings. The van der Waals surface area contributed by atoms with Crippen LogP contribution in [0.4, 0.5) is 0 Å². The van der Waals surface area contributed by atoms with Crippen LogP contribution < -0.4 is 11.1 Å². The first kappa shape index (κ1) is 13.8. The number of nitrogens with zero attached hydrogens (tertiary/aromatic N) is 1. The van der Waals surface area contributed by atoms with Gasteiger partial charge in [-0.3, -0.25) is 9.89 Å². The lowest BCUT2D eigenvalue weighted by molar-refractivity contribution is 0.0898. The van der Waals surface area contributed by atoms with E-state index in [-0.39, 0.29) is 11.4 Å². The van der Waals surface area contributed by atoms with Crippen molar-refractivity contribution in [1.29, 1.82) is 0 Å². The summed E-state index contributed by atoms with van der Waals surface area (Å²) in [6.07, 6.45) is 4.15. The standard InChI is InChI=1S/C16H20N4O/c17-11-16(8-4-5-9-16)18-15(21)14-10-13(19-20-14)12-6-2-1-3-7-12/h1-3,6-7,10H,4-5,8-9,11,17H2,(H,18,21)(H,19,20). The minimum Gasteiger partial charge on any atom is -0.344 e. The van der Waals surface area contributed by atoms with Gasteiger partial charge in [0.15, 0.2) is 0 Å². The van der Waals surface area contributed by atoms with Crippen LogP contribution in [-0.4, -0.2) is 28.2 Å². The van der Waals surface area contributed by atoms with Gasteiger partial charge in [0.2, 0.25) is 0 Å². The molecule has 1 aliphatic rings. The van der Waals surface area contributed by atoms with Gasteiger partial charge < -0.3 is 11.1 Å². The molecule has 1 aromatic carbocycles. The highest BCUT2D eigenvalue weighted by Gasteiger charge is 2.34. The van der Waals surface area contributed by atoms with E-state index in [1.807, 2.05) is 30.3 Å². The van der Waals surface area contributed by atoms with E-state index >= 15 is 0 Å². The van der Waals surface area contributed by atoms with Crippen LogP contribution >= 0.6 is 0 Å². The van der Waals surface area contributed by atoms with E-state index in [2.05, 4.69) is 15.5 Å². The first-order chi connectivity index (χ1) is 10.2. The lowest BCUT2D eigenvalue weighted by atomic mass is 9.97. The third kappa shape index (κ3) is 2.83. The number of aromatic amines is 1. The Hall–Kier alpha value is -2.14. The fourth-order valence-electron chi connectivity index (χ4n) is 2.93. The van der Waals surface area contributed by atoms with E-state index in [4.69, 9.17) is 5.73 Å². The zero-order chi connectivity index (χ0) is 14.7. The van der Waals surface area contributed by atoms with Gasteiger partial charge in [-0.2, -0.15) is 5.10 Å². The Labute approximate surface area is 123 Å². The molecule has 1 saturated carbocycles. The van der Waals surface area contributed by atoms with E-state index in [0.29, 0.717) is 12.2 Å². The molecule has 5 nitrogen and oxygen atoms in total. The zero-order valence-corrected chi connectivity index (χ0v) is 11.9. The molecule has 0 bridgehead atoms. The molecule has 0 radical (unpaired) electrons. The number of nitrogens with one attached hydrogen (secondary N) is 2. The van der Waals surface area contributed by atoms with Gasteiger partial charge in [0.25, 0.3) is 5.91 Å². The monoisotopic (exact) mass is 284 g/mol. The third-order valence-corrected chi connectivity index (χ3v) is 4.22. The van der Waals surface area contributed by atoms with Crippen molar-refractivity contribution < 1.29 is 4.79 Å². The summed E-state index contributed by atoms with van der Waals surface area (Å²) < 4.78 is 0. The van der Waals surface area contributed by atoms with Gasteiger partial charge in [-0.25, -0.2) is 0 Å². The summed E-state index contributed by atoms with van der Waals surface area (Å²) in [6.45, 7) is 0.485. The van der Waals surface area contributed by atoms with E-state index in [1.165, 1.54) is 0 Å². The van der Waals surface area contributed by atoms with E-state index in [9.17, 15) is 4.79 Å². The highest BCUT2D eigenvalue weighted by Crippen LogP contribution is 2.29. The molecule has 1 heterocycles. The molecule has 110 valence electrons. The number of rotatable bonds is 4. The molecule has 3 rings (SSSR count). The van der Waals surface area contributed by atoms with Crippen LogP contribution in [0, 0.1) is 0 Å². The van der Waals surface area contributed by atoms with Gasteiger partial charge in [0.1, 0.15) is 5.69 Å². The minimum atomic E-state index is -0.241. The quantitative estimate of drug-likeness (QED) is 0.803. The number of aromatic nitrogens is 2. The maximum absolute atomic E-state index is 12.4. The van der Waals surface area contributed by atoms with Crippen molar-refractivity contribution in [1.82, 2.24) is 15.5 Å². The molecule has 21 heavy (non-hydrogen) atoms. The summed E-state index contributed by atoms with van der Waals surface area (Å²) in [6, 6.07) is 11.6. The summed E-state index contributed by atoms with van der Waals surface area (Å²) in [5.41, 5.74) is 7.85. The topological polar surface area (TPSA) is 83.8 Å². The number of carbonyl (C=O) groups is 1. The Bertz CT molecular complexity index is 614. The first-order valence-corrected chi connectivity index (χ1v) is 7.36. The molecule has 0 atom stereocenters. The minimum absolute atomic E-state index is 0.128. The fourth-order valence-corrected chi connectivity index (χ4v) is 2.93. The fraction of sp³-hybridized carbons (Fsp3) is 0.375. The first-order valence-electron chi connectivity index (χ1n) is 7.36. The Morgan fingerprint density at radius 1 is 1.29 bits per heavy atom. The van der Waals surface area contributed by atoms with Crippen LogP contribution in [0.2, 0.25) is 0 Å². The number of hydrogen-bond acceptors (Lipinski definition) is 3. The van der Waals surface area contributed by atoms with Gasteiger partial charge in [-0.05, 0) is 18.9 Å². The van der Waals surface area contributed by atoms with Crippen LogP contribution in [0.25, 0.3) is 11.3 Å². The molecular weight excluding hydrogens is 264 g/mol. The number of amides is 1. The van der Waals surface area contributed by atoms with Crippen molar-refractivity contribution in [3.05, 3.63) is 42.1 Å². The van der Waals surface area contributed by atoms with Gasteiger partial charge in [0.05, 0.1) is 11.2 Å². The Balaban J connectivity index is 1.75. The summed E-state index contributed by atoms with van der Waals surface area (Å²) in [5.74, 6) is -0.128. The molecule has 4 N–H and O–H groups in total. The highest BCUT2D eigenvalue weighted by molar-refractivity contribution is 5.93. The summed E-state index contributed by atoms with van der Waals surface area (Å²) in [4.78, 5) is 12.4. The van der Waals surface area contributed by atoms with Crippen molar-refractivity contribution in [2.24, 2.45) is 5.73 Å². The largest absolute Gasteiger partial charge is 0.344 e. The molecule has 5 heteroatoms. The summed E-state index contributed by atoms with van der Waals surface area (Å²) in [7, 11) is 0. The zero-order valence-electron chi connectivity index (χ0n) is 11.9. The second kappa shape index (κ2) is 5.69. The average molecular weight is 284 g/mol. The highest BCUT2D eigenvalue weighted by atomic mass is 16.2. The smallest absolute Gasteiger partial charge is 0.269 e. The molecule has 1 fully saturated rings. The Morgan fingerprint density at radius 3 is 2.67 bits per heavy atom. The third-order valence-electron chi connectivity index (χ3n) is 4.22. The van der Waals surface area contributed by atoms with Crippen LogP contribution in [0.3, 0.4) is 0 Å². The van der Waals surface area contributed by atoms with E-state index in [1.54, 1.807) is 6.07 Å². The Morgan fingerprint density at radius 2 is 2.00 bits per heavy atom. The normalized spacial score (nSPS) is 16.8. The van der Waals surface area contributed by atoms with Gasteiger partial charge >= 0.3 is 0 Å². The summed E-state index contributed by atoms with van der Waals surface area (Å²) in [5, 5.41) is 10.1. The van der Waals surface area contributed by atoms with Crippen molar-refractivity contribution >= 4 is 5.91 Å². The number of benzene rings is 1. The van der Waals surface area contributed by atoms with Crippen LogP contribution in [0.1, 0.15) is 36.2 Å². The predicted molar refractivity (Wildman–Crippen MR) is 81.7 cm³/mol. The van der Waals surface area contributed by atoms with Crippen molar-refractivity contribution in [3.8, 4) is 11.3 Å². The molecule has 0 spiro atoms. The van der Waals surface area contributed by atoms with Crippen molar-refractivity contribution in [2.45, 2.75) is 31.2 Å².